The Morgan fingerprint density at radius 2 is 1.73 bits per heavy atom. The van der Waals surface area contributed by atoms with Gasteiger partial charge in [0.25, 0.3) is 0 Å². The summed E-state index contributed by atoms with van der Waals surface area (Å²) in [6.45, 7) is -0.887. The Labute approximate surface area is 127 Å². The molecule has 0 aliphatic carbocycles. The fourth-order valence-electron chi connectivity index (χ4n) is 1.79. The van der Waals surface area contributed by atoms with E-state index in [2.05, 4.69) is 10.6 Å². The lowest BCUT2D eigenvalue weighted by Crippen LogP contribution is -2.55. The molecule has 2 unspecified atom stereocenters. The second-order valence-electron chi connectivity index (χ2n) is 4.66. The van der Waals surface area contributed by atoms with E-state index in [1.807, 2.05) is 6.07 Å². The van der Waals surface area contributed by atoms with E-state index in [1.54, 1.807) is 24.3 Å². The van der Waals surface area contributed by atoms with Gasteiger partial charge in [0.05, 0.1) is 13.2 Å². The van der Waals surface area contributed by atoms with Crippen LogP contribution >= 0.6 is 0 Å². The molecule has 0 heterocycles. The van der Waals surface area contributed by atoms with Gasteiger partial charge in [0, 0.05) is 6.42 Å². The Morgan fingerprint density at radius 3 is 2.23 bits per heavy atom. The molecule has 0 aromatic heterocycles. The van der Waals surface area contributed by atoms with Crippen molar-refractivity contribution >= 4 is 17.7 Å². The van der Waals surface area contributed by atoms with Gasteiger partial charge in [-0.3, -0.25) is 14.4 Å². The first-order valence-electron chi connectivity index (χ1n) is 6.71. The van der Waals surface area contributed by atoms with Crippen molar-refractivity contribution < 1.29 is 19.5 Å². The zero-order valence-corrected chi connectivity index (χ0v) is 12.0. The standard InChI is InChI=1S/C14H20N4O4/c15-7-12(20)17-10(6-9-4-2-1-3-5-9)14(22)18-11(8-19)13(16)21/h1-5,10-11,19H,6-8,15H2,(H2,16,21)(H,17,20)(H,18,22). The number of amides is 3. The monoisotopic (exact) mass is 308 g/mol. The summed E-state index contributed by atoms with van der Waals surface area (Å²) < 4.78 is 0. The van der Waals surface area contributed by atoms with Gasteiger partial charge >= 0.3 is 0 Å². The van der Waals surface area contributed by atoms with Crippen molar-refractivity contribution in [3.63, 3.8) is 0 Å². The van der Waals surface area contributed by atoms with Crippen molar-refractivity contribution in [1.29, 1.82) is 0 Å². The van der Waals surface area contributed by atoms with E-state index in [0.717, 1.165) is 5.56 Å². The molecule has 0 radical (unpaired) electrons. The fourth-order valence-corrected chi connectivity index (χ4v) is 1.79. The molecular formula is C14H20N4O4. The molecule has 0 fully saturated rings. The number of carbonyl (C=O) groups excluding carboxylic acids is 3. The number of nitrogens with one attached hydrogen (secondary N) is 2. The van der Waals surface area contributed by atoms with Crippen molar-refractivity contribution in [1.82, 2.24) is 10.6 Å². The van der Waals surface area contributed by atoms with Crippen LogP contribution in [0.15, 0.2) is 30.3 Å². The first-order valence-corrected chi connectivity index (χ1v) is 6.71. The third-order valence-corrected chi connectivity index (χ3v) is 2.96. The predicted molar refractivity (Wildman–Crippen MR) is 79.3 cm³/mol. The Balaban J connectivity index is 2.82. The predicted octanol–water partition coefficient (Wildman–Crippen LogP) is -2.36. The summed E-state index contributed by atoms with van der Waals surface area (Å²) in [7, 11) is 0. The molecule has 0 spiro atoms. The van der Waals surface area contributed by atoms with Crippen molar-refractivity contribution in [3.05, 3.63) is 35.9 Å². The quantitative estimate of drug-likeness (QED) is 0.364. The lowest BCUT2D eigenvalue weighted by atomic mass is 10.0. The second-order valence-corrected chi connectivity index (χ2v) is 4.66. The highest BCUT2D eigenvalue weighted by Gasteiger charge is 2.25. The number of nitrogens with two attached hydrogens (primary N) is 2. The molecule has 0 aliphatic rings. The van der Waals surface area contributed by atoms with E-state index in [1.165, 1.54) is 0 Å². The van der Waals surface area contributed by atoms with Gasteiger partial charge in [0.15, 0.2) is 0 Å². The normalized spacial score (nSPS) is 13.0. The molecule has 3 amide bonds. The number of aliphatic hydroxyl groups is 1. The van der Waals surface area contributed by atoms with Gasteiger partial charge in [-0.25, -0.2) is 0 Å². The molecule has 1 aromatic carbocycles. The first-order chi connectivity index (χ1) is 10.5. The summed E-state index contributed by atoms with van der Waals surface area (Å²) in [6.07, 6.45) is 0.218. The van der Waals surface area contributed by atoms with E-state index in [0.29, 0.717) is 0 Å². The van der Waals surface area contributed by atoms with E-state index < -0.39 is 36.4 Å². The topological polar surface area (TPSA) is 148 Å². The highest BCUT2D eigenvalue weighted by Crippen LogP contribution is 2.04. The highest BCUT2D eigenvalue weighted by molar-refractivity contribution is 5.92. The summed E-state index contributed by atoms with van der Waals surface area (Å²) in [6, 6.07) is 6.89. The van der Waals surface area contributed by atoms with Gasteiger partial charge in [-0.05, 0) is 5.56 Å². The average Bonchev–Trinajstić information content (AvgIpc) is 2.52. The first kappa shape index (κ1) is 17.6. The van der Waals surface area contributed by atoms with E-state index in [9.17, 15) is 14.4 Å². The van der Waals surface area contributed by atoms with Crippen LogP contribution < -0.4 is 22.1 Å². The summed E-state index contributed by atoms with van der Waals surface area (Å²) in [5.41, 5.74) is 11.1. The summed E-state index contributed by atoms with van der Waals surface area (Å²) in [4.78, 5) is 34.7. The van der Waals surface area contributed by atoms with Crippen LogP contribution in [0.25, 0.3) is 0 Å². The lowest BCUT2D eigenvalue weighted by Gasteiger charge is -2.21. The smallest absolute Gasteiger partial charge is 0.243 e. The van der Waals surface area contributed by atoms with Crippen molar-refractivity contribution in [3.8, 4) is 0 Å². The molecule has 1 aromatic rings. The molecule has 0 bridgehead atoms. The highest BCUT2D eigenvalue weighted by atomic mass is 16.3. The molecule has 22 heavy (non-hydrogen) atoms. The number of aliphatic hydroxyl groups excluding tert-OH is 1. The number of hydrogen-bond donors (Lipinski definition) is 5. The molecule has 120 valence electrons. The van der Waals surface area contributed by atoms with Crippen LogP contribution in [0.1, 0.15) is 5.56 Å². The lowest BCUT2D eigenvalue weighted by molar-refractivity contribution is -0.131. The average molecular weight is 308 g/mol. The Hall–Kier alpha value is -2.45. The van der Waals surface area contributed by atoms with Crippen LogP contribution in [-0.2, 0) is 20.8 Å². The maximum atomic E-state index is 12.2. The number of hydrogen-bond acceptors (Lipinski definition) is 5. The van der Waals surface area contributed by atoms with E-state index in [-0.39, 0.29) is 13.0 Å². The molecule has 0 saturated heterocycles. The van der Waals surface area contributed by atoms with Gasteiger partial charge in [0.2, 0.25) is 17.7 Å². The van der Waals surface area contributed by atoms with Gasteiger partial charge in [-0.1, -0.05) is 30.3 Å². The van der Waals surface area contributed by atoms with Gasteiger partial charge in [-0.2, -0.15) is 0 Å². The minimum Gasteiger partial charge on any atom is -0.394 e. The summed E-state index contributed by atoms with van der Waals surface area (Å²) in [5.74, 6) is -1.99. The van der Waals surface area contributed by atoms with Gasteiger partial charge in [0.1, 0.15) is 12.1 Å². The Kier molecular flexibility index (Phi) is 7.00. The maximum absolute atomic E-state index is 12.2. The molecular weight excluding hydrogens is 288 g/mol. The van der Waals surface area contributed by atoms with Gasteiger partial charge in [-0.15, -0.1) is 0 Å². The SMILES string of the molecule is NCC(=O)NC(Cc1ccccc1)C(=O)NC(CO)C(N)=O. The zero-order chi connectivity index (χ0) is 16.5. The van der Waals surface area contributed by atoms with Crippen LogP contribution in [0.2, 0.25) is 0 Å². The molecule has 8 heteroatoms. The van der Waals surface area contributed by atoms with Crippen LogP contribution in [-0.4, -0.2) is 48.1 Å². The van der Waals surface area contributed by atoms with Crippen molar-refractivity contribution in [2.24, 2.45) is 11.5 Å². The van der Waals surface area contributed by atoms with Crippen LogP contribution in [0, 0.1) is 0 Å². The molecule has 7 N–H and O–H groups in total. The Bertz CT molecular complexity index is 521. The fraction of sp³-hybridized carbons (Fsp3) is 0.357. The van der Waals surface area contributed by atoms with Crippen LogP contribution in [0.3, 0.4) is 0 Å². The summed E-state index contributed by atoms with van der Waals surface area (Å²) in [5, 5.41) is 13.8. The molecule has 0 aliphatic heterocycles. The van der Waals surface area contributed by atoms with E-state index in [4.69, 9.17) is 16.6 Å². The second kappa shape index (κ2) is 8.75. The number of primary amides is 1. The Morgan fingerprint density at radius 1 is 1.09 bits per heavy atom. The molecule has 0 saturated carbocycles. The molecule has 2 atom stereocenters. The number of carbonyl (C=O) groups is 3. The molecule has 8 nitrogen and oxygen atoms in total. The minimum absolute atomic E-state index is 0.218. The zero-order valence-electron chi connectivity index (χ0n) is 12.0. The van der Waals surface area contributed by atoms with Crippen molar-refractivity contribution in [2.45, 2.75) is 18.5 Å². The minimum atomic E-state index is -1.21. The van der Waals surface area contributed by atoms with Crippen molar-refractivity contribution in [2.75, 3.05) is 13.2 Å². The number of rotatable bonds is 8. The molecule has 1 rings (SSSR count). The van der Waals surface area contributed by atoms with Crippen LogP contribution in [0.4, 0.5) is 0 Å². The van der Waals surface area contributed by atoms with Gasteiger partial charge < -0.3 is 27.2 Å². The summed E-state index contributed by atoms with van der Waals surface area (Å²) >= 11 is 0. The largest absolute Gasteiger partial charge is 0.394 e. The maximum Gasteiger partial charge on any atom is 0.243 e. The number of benzene rings is 1. The van der Waals surface area contributed by atoms with E-state index >= 15 is 0 Å². The third-order valence-electron chi connectivity index (χ3n) is 2.96. The third kappa shape index (κ3) is 5.51. The van der Waals surface area contributed by atoms with Crippen LogP contribution in [0.5, 0.6) is 0 Å².